The molecular formula is C10H8N2O. The molecule has 0 saturated carbocycles. The highest BCUT2D eigenvalue weighted by Crippen LogP contribution is 2.01. The van der Waals surface area contributed by atoms with Crippen LogP contribution in [0.1, 0.15) is 0 Å². The van der Waals surface area contributed by atoms with Gasteiger partial charge in [0.1, 0.15) is 0 Å². The van der Waals surface area contributed by atoms with E-state index in [1.165, 1.54) is 6.20 Å². The fourth-order valence-corrected chi connectivity index (χ4v) is 1.15. The molecule has 0 aliphatic heterocycles. The second-order valence-corrected chi connectivity index (χ2v) is 2.62. The first-order valence-electron chi connectivity index (χ1n) is 3.96. The summed E-state index contributed by atoms with van der Waals surface area (Å²) < 4.78 is 1.55. The lowest BCUT2D eigenvalue weighted by Crippen LogP contribution is -2.16. The summed E-state index contributed by atoms with van der Waals surface area (Å²) in [7, 11) is 0. The van der Waals surface area contributed by atoms with Crippen molar-refractivity contribution in [1.29, 1.82) is 0 Å². The number of hydrogen-bond acceptors (Lipinski definition) is 2. The Morgan fingerprint density at radius 3 is 2.62 bits per heavy atom. The van der Waals surface area contributed by atoms with Crippen LogP contribution < -0.4 is 5.56 Å². The van der Waals surface area contributed by atoms with Gasteiger partial charge in [0.25, 0.3) is 5.56 Å². The van der Waals surface area contributed by atoms with Crippen molar-refractivity contribution in [3.05, 3.63) is 59.3 Å². The second-order valence-electron chi connectivity index (χ2n) is 2.62. The van der Waals surface area contributed by atoms with Crippen LogP contribution >= 0.6 is 0 Å². The molecule has 0 fully saturated rings. The molecule has 0 amide bonds. The highest BCUT2D eigenvalue weighted by Gasteiger charge is 1.95. The molecule has 3 heteroatoms. The van der Waals surface area contributed by atoms with Crippen LogP contribution in [0.25, 0.3) is 5.69 Å². The number of para-hydroxylation sites is 1. The van der Waals surface area contributed by atoms with Gasteiger partial charge in [0.05, 0.1) is 6.20 Å². The Morgan fingerprint density at radius 1 is 1.15 bits per heavy atom. The maximum atomic E-state index is 11.3. The Balaban J connectivity index is 2.60. The minimum atomic E-state index is -0.117. The second kappa shape index (κ2) is 3.23. The largest absolute Gasteiger partial charge is 0.281 e. The summed E-state index contributed by atoms with van der Waals surface area (Å²) in [4.78, 5) is 15.1. The van der Waals surface area contributed by atoms with E-state index in [0.717, 1.165) is 5.69 Å². The fourth-order valence-electron chi connectivity index (χ4n) is 1.15. The number of rotatable bonds is 1. The Hall–Kier alpha value is -1.90. The zero-order valence-electron chi connectivity index (χ0n) is 6.92. The fraction of sp³-hybridized carbons (Fsp3) is 0. The Labute approximate surface area is 75.3 Å². The van der Waals surface area contributed by atoms with E-state index in [0.29, 0.717) is 0 Å². The summed E-state index contributed by atoms with van der Waals surface area (Å²) >= 11 is 0. The summed E-state index contributed by atoms with van der Waals surface area (Å²) in [5.74, 6) is 0. The van der Waals surface area contributed by atoms with Crippen LogP contribution in [0.3, 0.4) is 0 Å². The van der Waals surface area contributed by atoms with Crippen LogP contribution in [-0.4, -0.2) is 9.55 Å². The van der Waals surface area contributed by atoms with Gasteiger partial charge in [-0.05, 0) is 12.1 Å². The van der Waals surface area contributed by atoms with Crippen molar-refractivity contribution in [3.8, 4) is 5.69 Å². The van der Waals surface area contributed by atoms with Crippen molar-refractivity contribution in [2.75, 3.05) is 0 Å². The molecule has 64 valence electrons. The number of nitrogens with zero attached hydrogens (tertiary/aromatic N) is 2. The third-order valence-electron chi connectivity index (χ3n) is 1.76. The van der Waals surface area contributed by atoms with Crippen LogP contribution in [0.5, 0.6) is 0 Å². The lowest BCUT2D eigenvalue weighted by atomic mass is 10.3. The van der Waals surface area contributed by atoms with Gasteiger partial charge in [-0.15, -0.1) is 0 Å². The summed E-state index contributed by atoms with van der Waals surface area (Å²) in [6.07, 6.45) is 4.54. The van der Waals surface area contributed by atoms with E-state index in [-0.39, 0.29) is 5.56 Å². The van der Waals surface area contributed by atoms with E-state index in [4.69, 9.17) is 0 Å². The van der Waals surface area contributed by atoms with E-state index >= 15 is 0 Å². The summed E-state index contributed by atoms with van der Waals surface area (Å²) in [6.45, 7) is 0. The van der Waals surface area contributed by atoms with Crippen molar-refractivity contribution >= 4 is 0 Å². The zero-order chi connectivity index (χ0) is 9.10. The molecule has 0 N–H and O–H groups in total. The van der Waals surface area contributed by atoms with Crippen molar-refractivity contribution in [2.24, 2.45) is 0 Å². The molecule has 1 heterocycles. The van der Waals surface area contributed by atoms with Crippen LogP contribution in [0.15, 0.2) is 53.7 Å². The molecule has 0 aliphatic carbocycles. The first kappa shape index (κ1) is 7.73. The molecule has 0 radical (unpaired) electrons. The van der Waals surface area contributed by atoms with Crippen LogP contribution in [0.2, 0.25) is 0 Å². The van der Waals surface area contributed by atoms with Crippen LogP contribution in [-0.2, 0) is 0 Å². The van der Waals surface area contributed by atoms with E-state index in [9.17, 15) is 4.79 Å². The highest BCUT2D eigenvalue weighted by atomic mass is 16.1. The summed E-state index contributed by atoms with van der Waals surface area (Å²) in [5, 5.41) is 0. The van der Waals surface area contributed by atoms with Gasteiger partial charge in [0.15, 0.2) is 0 Å². The van der Waals surface area contributed by atoms with Gasteiger partial charge < -0.3 is 0 Å². The Bertz CT molecular complexity index is 448. The molecule has 0 spiro atoms. The summed E-state index contributed by atoms with van der Waals surface area (Å²) in [5.41, 5.74) is 0.739. The summed E-state index contributed by atoms with van der Waals surface area (Å²) in [6, 6.07) is 9.45. The molecule has 13 heavy (non-hydrogen) atoms. The minimum Gasteiger partial charge on any atom is -0.281 e. The average Bonchev–Trinajstić information content (AvgIpc) is 2.20. The normalized spacial score (nSPS) is 9.85. The van der Waals surface area contributed by atoms with Crippen molar-refractivity contribution < 1.29 is 0 Å². The third kappa shape index (κ3) is 1.49. The first-order chi connectivity index (χ1) is 6.38. The topological polar surface area (TPSA) is 34.9 Å². The molecule has 0 aliphatic rings. The van der Waals surface area contributed by atoms with E-state index in [1.807, 2.05) is 30.3 Å². The maximum absolute atomic E-state index is 11.3. The van der Waals surface area contributed by atoms with Crippen molar-refractivity contribution in [3.63, 3.8) is 0 Å². The van der Waals surface area contributed by atoms with Gasteiger partial charge in [-0.3, -0.25) is 14.3 Å². The molecule has 1 aromatic carbocycles. The maximum Gasteiger partial charge on any atom is 0.273 e. The van der Waals surface area contributed by atoms with Gasteiger partial charge in [-0.1, -0.05) is 18.2 Å². The van der Waals surface area contributed by atoms with Gasteiger partial charge in [0, 0.05) is 18.1 Å². The molecule has 0 unspecified atom stereocenters. The van der Waals surface area contributed by atoms with Gasteiger partial charge in [-0.2, -0.15) is 0 Å². The predicted molar refractivity (Wildman–Crippen MR) is 49.8 cm³/mol. The number of hydrogen-bond donors (Lipinski definition) is 0. The molecule has 0 atom stereocenters. The Kier molecular flexibility index (Phi) is 1.92. The first-order valence-corrected chi connectivity index (χ1v) is 3.96. The predicted octanol–water partition coefficient (Wildman–Crippen LogP) is 1.23. The average molecular weight is 172 g/mol. The lowest BCUT2D eigenvalue weighted by Gasteiger charge is -2.02. The van der Waals surface area contributed by atoms with Gasteiger partial charge >= 0.3 is 0 Å². The lowest BCUT2D eigenvalue weighted by molar-refractivity contribution is 0.956. The number of aromatic nitrogens is 2. The smallest absolute Gasteiger partial charge is 0.273 e. The SMILES string of the molecule is O=c1cnccn1-c1ccccc1. The molecular weight excluding hydrogens is 164 g/mol. The van der Waals surface area contributed by atoms with Crippen molar-refractivity contribution in [1.82, 2.24) is 9.55 Å². The molecule has 1 aromatic heterocycles. The number of benzene rings is 1. The monoisotopic (exact) mass is 172 g/mol. The third-order valence-corrected chi connectivity index (χ3v) is 1.76. The molecule has 2 aromatic rings. The van der Waals surface area contributed by atoms with Gasteiger partial charge in [0.2, 0.25) is 0 Å². The molecule has 0 saturated heterocycles. The molecule has 0 bridgehead atoms. The highest BCUT2D eigenvalue weighted by molar-refractivity contribution is 5.30. The van der Waals surface area contributed by atoms with E-state index in [1.54, 1.807) is 17.0 Å². The van der Waals surface area contributed by atoms with Gasteiger partial charge in [-0.25, -0.2) is 0 Å². The molecule has 2 rings (SSSR count). The quantitative estimate of drug-likeness (QED) is 0.648. The van der Waals surface area contributed by atoms with Crippen LogP contribution in [0, 0.1) is 0 Å². The van der Waals surface area contributed by atoms with E-state index in [2.05, 4.69) is 4.98 Å². The zero-order valence-corrected chi connectivity index (χ0v) is 6.92. The Morgan fingerprint density at radius 2 is 1.92 bits per heavy atom. The standard InChI is InChI=1S/C10H8N2O/c13-10-8-11-6-7-12(10)9-4-2-1-3-5-9/h1-8H. The van der Waals surface area contributed by atoms with Crippen LogP contribution in [0.4, 0.5) is 0 Å². The minimum absolute atomic E-state index is 0.117. The van der Waals surface area contributed by atoms with E-state index < -0.39 is 0 Å². The molecule has 3 nitrogen and oxygen atoms in total. The van der Waals surface area contributed by atoms with Crippen molar-refractivity contribution in [2.45, 2.75) is 0 Å².